The van der Waals surface area contributed by atoms with E-state index in [1.165, 1.54) is 5.57 Å². The maximum atomic E-state index is 13.8. The number of hydrogen-bond acceptors (Lipinski definition) is 6. The fraction of sp³-hybridized carbons (Fsp3) is 0.419. The number of ether oxygens (including phenoxy) is 1. The van der Waals surface area contributed by atoms with Crippen LogP contribution >= 0.6 is 0 Å². The SMILES string of the molecule is CCC/C(=C\c1cccc(O)c1)CC[C@H]1OB(O)C[C@H]2C1=C(COC)C[C@H]1C(=O)c3ccccc3C(=O)[C@H]12. The van der Waals surface area contributed by atoms with E-state index in [9.17, 15) is 19.7 Å². The summed E-state index contributed by atoms with van der Waals surface area (Å²) in [7, 11) is 0.643. The monoisotopic (exact) mass is 514 g/mol. The van der Waals surface area contributed by atoms with Crippen LogP contribution in [0.2, 0.25) is 6.32 Å². The molecule has 4 atom stereocenters. The third kappa shape index (κ3) is 5.15. The molecule has 1 saturated heterocycles. The van der Waals surface area contributed by atoms with Crippen molar-refractivity contribution in [3.8, 4) is 5.75 Å². The van der Waals surface area contributed by atoms with Crippen molar-refractivity contribution in [1.82, 2.24) is 0 Å². The number of rotatable bonds is 8. The van der Waals surface area contributed by atoms with Gasteiger partial charge in [0.15, 0.2) is 11.6 Å². The zero-order valence-electron chi connectivity index (χ0n) is 22.1. The number of phenols is 1. The minimum atomic E-state index is -0.999. The molecule has 1 aliphatic heterocycles. The first-order chi connectivity index (χ1) is 18.4. The highest BCUT2D eigenvalue weighted by Gasteiger charge is 2.53. The highest BCUT2D eigenvalue weighted by atomic mass is 16.5. The summed E-state index contributed by atoms with van der Waals surface area (Å²) in [6.07, 6.45) is 5.81. The van der Waals surface area contributed by atoms with Gasteiger partial charge in [-0.3, -0.25) is 9.59 Å². The van der Waals surface area contributed by atoms with Gasteiger partial charge in [0.2, 0.25) is 0 Å². The predicted molar refractivity (Wildman–Crippen MR) is 147 cm³/mol. The van der Waals surface area contributed by atoms with Crippen LogP contribution in [0.3, 0.4) is 0 Å². The Balaban J connectivity index is 1.47. The van der Waals surface area contributed by atoms with Crippen molar-refractivity contribution >= 4 is 24.8 Å². The average Bonchev–Trinajstić information content (AvgIpc) is 2.90. The molecule has 2 aliphatic carbocycles. The van der Waals surface area contributed by atoms with E-state index in [2.05, 4.69) is 13.0 Å². The van der Waals surface area contributed by atoms with E-state index >= 15 is 0 Å². The molecule has 0 saturated carbocycles. The molecule has 2 aromatic carbocycles. The van der Waals surface area contributed by atoms with Crippen molar-refractivity contribution < 1.29 is 29.1 Å². The molecule has 1 heterocycles. The lowest BCUT2D eigenvalue weighted by atomic mass is 9.54. The highest BCUT2D eigenvalue weighted by molar-refractivity contribution is 6.43. The van der Waals surface area contributed by atoms with Crippen molar-refractivity contribution in [3.63, 3.8) is 0 Å². The molecule has 2 aromatic rings. The number of Topliss-reactive ketones (excluding diaryl/α,β-unsaturated/α-hetero) is 2. The first-order valence-electron chi connectivity index (χ1n) is 13.6. The van der Waals surface area contributed by atoms with Crippen LogP contribution in [0.5, 0.6) is 5.75 Å². The molecular formula is C31H35BO6. The Hall–Kier alpha value is -3.00. The molecule has 0 aromatic heterocycles. The standard InChI is InChI=1S/C31H35BO6/c1-3-7-19(14-20-8-6-9-22(33)15-20)12-13-27-28-21(18-37-2)16-25-29(26(28)17-32(36)38-27)31(35)24-11-5-4-10-23(24)30(25)34/h4-6,8-11,14-15,25-27,29,33,36H,3,7,12-13,16-18H2,1-2H3/b19-14+/t25-,26+,27-,29-/m1/s1. The summed E-state index contributed by atoms with van der Waals surface area (Å²) in [5.41, 5.74) is 5.23. The summed E-state index contributed by atoms with van der Waals surface area (Å²) in [6.45, 7) is 2.51. The number of carbonyl (C=O) groups excluding carboxylic acids is 2. The summed E-state index contributed by atoms with van der Waals surface area (Å²) in [5.74, 6) is -0.963. The van der Waals surface area contributed by atoms with Gasteiger partial charge in [0.1, 0.15) is 5.75 Å². The number of benzene rings is 2. The summed E-state index contributed by atoms with van der Waals surface area (Å²) < 4.78 is 11.7. The number of aromatic hydroxyl groups is 1. The van der Waals surface area contributed by atoms with Crippen LogP contribution in [0.4, 0.5) is 0 Å². The van der Waals surface area contributed by atoms with Crippen LogP contribution in [-0.2, 0) is 9.39 Å². The van der Waals surface area contributed by atoms with Gasteiger partial charge in [-0.2, -0.15) is 0 Å². The van der Waals surface area contributed by atoms with Crippen LogP contribution in [0.15, 0.2) is 65.3 Å². The van der Waals surface area contributed by atoms with Crippen molar-refractivity contribution in [1.29, 1.82) is 0 Å². The van der Waals surface area contributed by atoms with E-state index < -0.39 is 19.0 Å². The van der Waals surface area contributed by atoms with Crippen molar-refractivity contribution in [2.45, 2.75) is 51.5 Å². The number of allylic oxidation sites excluding steroid dienone is 1. The van der Waals surface area contributed by atoms with E-state index in [0.717, 1.165) is 36.0 Å². The number of phenolic OH excluding ortho intramolecular Hbond substituents is 1. The van der Waals surface area contributed by atoms with E-state index in [0.29, 0.717) is 36.9 Å². The maximum Gasteiger partial charge on any atom is 0.455 e. The molecule has 198 valence electrons. The maximum absolute atomic E-state index is 13.8. The molecule has 0 spiro atoms. The lowest BCUT2D eigenvalue weighted by Crippen LogP contribution is -2.51. The quantitative estimate of drug-likeness (QED) is 0.357. The second kappa shape index (κ2) is 11.4. The number of fused-ring (bicyclic) bond motifs is 4. The lowest BCUT2D eigenvalue weighted by molar-refractivity contribution is 0.0584. The molecule has 2 N–H and O–H groups in total. The third-order valence-corrected chi connectivity index (χ3v) is 8.22. The first kappa shape index (κ1) is 26.6. The molecule has 38 heavy (non-hydrogen) atoms. The van der Waals surface area contributed by atoms with Gasteiger partial charge in [-0.05, 0) is 66.8 Å². The van der Waals surface area contributed by atoms with Gasteiger partial charge in [-0.25, -0.2) is 0 Å². The Morgan fingerprint density at radius 2 is 1.84 bits per heavy atom. The van der Waals surface area contributed by atoms with Crippen LogP contribution in [0.1, 0.15) is 65.3 Å². The zero-order valence-corrected chi connectivity index (χ0v) is 22.1. The number of methoxy groups -OCH3 is 1. The molecule has 0 radical (unpaired) electrons. The average molecular weight is 514 g/mol. The Bertz CT molecular complexity index is 1280. The number of ketones is 2. The predicted octanol–water partition coefficient (Wildman–Crippen LogP) is 5.51. The molecule has 5 rings (SSSR count). The Kier molecular flexibility index (Phi) is 7.98. The molecule has 7 heteroatoms. The van der Waals surface area contributed by atoms with Gasteiger partial charge in [0.05, 0.1) is 12.7 Å². The fourth-order valence-corrected chi connectivity index (χ4v) is 6.73. The highest BCUT2D eigenvalue weighted by Crippen LogP contribution is 2.51. The second-order valence-electron chi connectivity index (χ2n) is 10.7. The Morgan fingerprint density at radius 3 is 2.55 bits per heavy atom. The summed E-state index contributed by atoms with van der Waals surface area (Å²) in [5, 5.41) is 20.7. The summed E-state index contributed by atoms with van der Waals surface area (Å²) in [4.78, 5) is 27.3. The summed E-state index contributed by atoms with van der Waals surface area (Å²) >= 11 is 0. The molecule has 0 bridgehead atoms. The van der Waals surface area contributed by atoms with Gasteiger partial charge >= 0.3 is 7.12 Å². The number of hydrogen-bond donors (Lipinski definition) is 2. The van der Waals surface area contributed by atoms with Crippen LogP contribution in [0.25, 0.3) is 6.08 Å². The Morgan fingerprint density at radius 1 is 1.08 bits per heavy atom. The fourth-order valence-electron chi connectivity index (χ4n) is 6.73. The molecule has 6 nitrogen and oxygen atoms in total. The van der Waals surface area contributed by atoms with Crippen LogP contribution in [-0.4, -0.2) is 48.6 Å². The smallest absolute Gasteiger partial charge is 0.455 e. The van der Waals surface area contributed by atoms with Gasteiger partial charge in [-0.1, -0.05) is 61.4 Å². The largest absolute Gasteiger partial charge is 0.508 e. The van der Waals surface area contributed by atoms with Crippen LogP contribution < -0.4 is 0 Å². The second-order valence-corrected chi connectivity index (χ2v) is 10.7. The number of carbonyl (C=O) groups is 2. The molecule has 3 aliphatic rings. The van der Waals surface area contributed by atoms with E-state index in [1.807, 2.05) is 12.1 Å². The van der Waals surface area contributed by atoms with Gasteiger partial charge < -0.3 is 19.5 Å². The third-order valence-electron chi connectivity index (χ3n) is 8.22. The topological polar surface area (TPSA) is 93.1 Å². The summed E-state index contributed by atoms with van der Waals surface area (Å²) in [6, 6.07) is 14.3. The normalized spacial score (nSPS) is 25.2. The van der Waals surface area contributed by atoms with Gasteiger partial charge in [-0.15, -0.1) is 0 Å². The van der Waals surface area contributed by atoms with E-state index in [-0.39, 0.29) is 29.3 Å². The molecule has 1 fully saturated rings. The van der Waals surface area contributed by atoms with Crippen molar-refractivity contribution in [3.05, 3.63) is 81.9 Å². The van der Waals surface area contributed by atoms with Crippen molar-refractivity contribution in [2.24, 2.45) is 17.8 Å². The first-order valence-corrected chi connectivity index (χ1v) is 13.6. The zero-order chi connectivity index (χ0) is 26.8. The van der Waals surface area contributed by atoms with Crippen molar-refractivity contribution in [2.75, 3.05) is 13.7 Å². The molecule has 0 unspecified atom stereocenters. The van der Waals surface area contributed by atoms with E-state index in [4.69, 9.17) is 9.39 Å². The Labute approximate surface area is 224 Å². The van der Waals surface area contributed by atoms with Gasteiger partial charge in [0, 0.05) is 30.1 Å². The minimum absolute atomic E-state index is 0.00697. The lowest BCUT2D eigenvalue weighted by Gasteiger charge is -2.47. The van der Waals surface area contributed by atoms with Gasteiger partial charge in [0.25, 0.3) is 0 Å². The molecule has 0 amide bonds. The molecular weight excluding hydrogens is 479 g/mol. The minimum Gasteiger partial charge on any atom is -0.508 e. The van der Waals surface area contributed by atoms with E-state index in [1.54, 1.807) is 43.5 Å². The van der Waals surface area contributed by atoms with Crippen LogP contribution in [0, 0.1) is 17.8 Å².